The molecule has 0 unspecified atom stereocenters. The molecular weight excluding hydrogens is 569 g/mol. The molecular formula is C24H19Cl3F2N4O3S. The average Bonchev–Trinajstić information content (AvgIpc) is 3.24. The van der Waals surface area contributed by atoms with Gasteiger partial charge in [0, 0.05) is 42.7 Å². The molecule has 0 spiro atoms. The minimum Gasteiger partial charge on any atom is -0.331 e. The summed E-state index contributed by atoms with van der Waals surface area (Å²) in [5.41, 5.74) is -0.105. The number of nitrogens with one attached hydrogen (secondary N) is 2. The van der Waals surface area contributed by atoms with E-state index in [0.717, 1.165) is 29.0 Å². The van der Waals surface area contributed by atoms with E-state index in [9.17, 15) is 23.2 Å². The summed E-state index contributed by atoms with van der Waals surface area (Å²) < 4.78 is 27.8. The SMILES string of the molecule is CN(C)C(=O)Nc1ccc2c(c1)CN(C(=O)c1c(Sc3c(Cl)cccc3Cl)cc(C(F)(F)Cl)[nH]c1=O)C2. The van der Waals surface area contributed by atoms with E-state index in [1.54, 1.807) is 50.5 Å². The Morgan fingerprint density at radius 1 is 1.08 bits per heavy atom. The van der Waals surface area contributed by atoms with Crippen molar-refractivity contribution in [3.05, 3.63) is 85.2 Å². The van der Waals surface area contributed by atoms with Crippen LogP contribution < -0.4 is 10.9 Å². The van der Waals surface area contributed by atoms with Crippen molar-refractivity contribution in [2.45, 2.75) is 28.3 Å². The number of nitrogens with zero attached hydrogens (tertiary/aromatic N) is 2. The van der Waals surface area contributed by atoms with Gasteiger partial charge in [0.2, 0.25) is 0 Å². The summed E-state index contributed by atoms with van der Waals surface area (Å²) in [4.78, 5) is 43.5. The molecule has 2 N–H and O–H groups in total. The Hall–Kier alpha value is -2.79. The van der Waals surface area contributed by atoms with Crippen LogP contribution in [0.3, 0.4) is 0 Å². The second-order valence-corrected chi connectivity index (χ2v) is 10.7. The summed E-state index contributed by atoms with van der Waals surface area (Å²) >= 11 is 18.5. The zero-order valence-electron chi connectivity index (χ0n) is 19.4. The van der Waals surface area contributed by atoms with E-state index in [-0.39, 0.29) is 39.6 Å². The number of benzene rings is 2. The van der Waals surface area contributed by atoms with Gasteiger partial charge in [-0.3, -0.25) is 9.59 Å². The molecule has 1 aliphatic rings. The summed E-state index contributed by atoms with van der Waals surface area (Å²) in [6.07, 6.45) is 0. The summed E-state index contributed by atoms with van der Waals surface area (Å²) in [6, 6.07) is 10.6. The molecule has 0 bridgehead atoms. The van der Waals surface area contributed by atoms with E-state index in [1.165, 1.54) is 9.80 Å². The number of alkyl halides is 3. The molecule has 2 aromatic carbocycles. The van der Waals surface area contributed by atoms with E-state index < -0.39 is 22.5 Å². The molecule has 37 heavy (non-hydrogen) atoms. The fourth-order valence-corrected chi connectivity index (χ4v) is 5.41. The Bertz CT molecular complexity index is 1440. The first kappa shape index (κ1) is 27.3. The largest absolute Gasteiger partial charge is 0.362 e. The maximum Gasteiger partial charge on any atom is 0.362 e. The number of halogens is 5. The number of rotatable bonds is 5. The van der Waals surface area contributed by atoms with Crippen LogP contribution in [0, 0.1) is 0 Å². The fourth-order valence-electron chi connectivity index (χ4n) is 3.67. The van der Waals surface area contributed by atoms with Crippen molar-refractivity contribution in [3.63, 3.8) is 0 Å². The van der Waals surface area contributed by atoms with Gasteiger partial charge >= 0.3 is 11.4 Å². The van der Waals surface area contributed by atoms with Gasteiger partial charge in [-0.2, -0.15) is 8.78 Å². The minimum absolute atomic E-state index is 0.0750. The highest BCUT2D eigenvalue weighted by atomic mass is 35.5. The number of H-pyrrole nitrogens is 1. The second kappa shape index (κ2) is 10.5. The molecule has 0 fully saturated rings. The van der Waals surface area contributed by atoms with Gasteiger partial charge in [-0.15, -0.1) is 0 Å². The van der Waals surface area contributed by atoms with Crippen molar-refractivity contribution in [2.75, 3.05) is 19.4 Å². The summed E-state index contributed by atoms with van der Waals surface area (Å²) in [7, 11) is 3.22. The number of carbonyl (C=O) groups is 2. The van der Waals surface area contributed by atoms with Crippen molar-refractivity contribution in [2.24, 2.45) is 0 Å². The summed E-state index contributed by atoms with van der Waals surface area (Å²) in [5, 5.41) is -0.700. The van der Waals surface area contributed by atoms with Gasteiger partial charge in [-0.05, 0) is 53.1 Å². The Morgan fingerprint density at radius 2 is 1.73 bits per heavy atom. The molecule has 0 saturated carbocycles. The number of hydrogen-bond donors (Lipinski definition) is 2. The van der Waals surface area contributed by atoms with Crippen molar-refractivity contribution < 1.29 is 18.4 Å². The lowest BCUT2D eigenvalue weighted by Gasteiger charge is -2.19. The van der Waals surface area contributed by atoms with Crippen LogP contribution in [0.1, 0.15) is 27.2 Å². The Kier molecular flexibility index (Phi) is 7.75. The highest BCUT2D eigenvalue weighted by Crippen LogP contribution is 2.41. The highest BCUT2D eigenvalue weighted by Gasteiger charge is 2.34. The van der Waals surface area contributed by atoms with Gasteiger partial charge < -0.3 is 20.1 Å². The molecule has 4 rings (SSSR count). The van der Waals surface area contributed by atoms with Crippen LogP contribution in [-0.2, 0) is 18.5 Å². The van der Waals surface area contributed by atoms with Crippen LogP contribution in [0.2, 0.25) is 10.0 Å². The normalized spacial score (nSPS) is 12.9. The smallest absolute Gasteiger partial charge is 0.331 e. The number of aromatic nitrogens is 1. The minimum atomic E-state index is -3.88. The molecule has 7 nitrogen and oxygen atoms in total. The standard InChI is InChI=1S/C24H19Cl3F2N4O3S/c1-32(2)23(36)30-14-7-6-12-10-33(11-13(12)8-14)22(35)19-17(9-18(24(27,28)29)31-21(19)34)37-20-15(25)4-3-5-16(20)26/h3-9H,10-11H2,1-2H3,(H,30,36)(H,31,34). The number of pyridine rings is 1. The lowest BCUT2D eigenvalue weighted by molar-refractivity contribution is 0.0740. The van der Waals surface area contributed by atoms with E-state index in [2.05, 4.69) is 5.32 Å². The van der Waals surface area contributed by atoms with E-state index in [0.29, 0.717) is 10.6 Å². The molecule has 0 aliphatic carbocycles. The molecule has 0 atom stereocenters. The van der Waals surface area contributed by atoms with Gasteiger partial charge in [0.05, 0.1) is 10.0 Å². The first-order valence-corrected chi connectivity index (χ1v) is 12.7. The maximum atomic E-state index is 13.9. The van der Waals surface area contributed by atoms with Crippen molar-refractivity contribution in [1.82, 2.24) is 14.8 Å². The number of anilines is 1. The highest BCUT2D eigenvalue weighted by molar-refractivity contribution is 7.99. The number of fused-ring (bicyclic) bond motifs is 1. The molecule has 3 aromatic rings. The second-order valence-electron chi connectivity index (χ2n) is 8.37. The van der Waals surface area contributed by atoms with Crippen LogP contribution in [0.25, 0.3) is 0 Å². The monoisotopic (exact) mass is 586 g/mol. The first-order chi connectivity index (χ1) is 17.3. The lowest BCUT2D eigenvalue weighted by atomic mass is 10.1. The average molecular weight is 588 g/mol. The van der Waals surface area contributed by atoms with Gasteiger partial charge in [0.25, 0.3) is 11.5 Å². The Balaban J connectivity index is 1.69. The number of aromatic amines is 1. The summed E-state index contributed by atoms with van der Waals surface area (Å²) in [5.74, 6) is -0.675. The third-order valence-electron chi connectivity index (χ3n) is 5.52. The number of amides is 3. The van der Waals surface area contributed by atoms with Crippen LogP contribution in [0.15, 0.2) is 57.1 Å². The van der Waals surface area contributed by atoms with Gasteiger partial charge in [0.15, 0.2) is 0 Å². The first-order valence-electron chi connectivity index (χ1n) is 10.7. The Labute approximate surface area is 229 Å². The Morgan fingerprint density at radius 3 is 2.35 bits per heavy atom. The molecule has 194 valence electrons. The molecule has 1 aliphatic heterocycles. The van der Waals surface area contributed by atoms with Crippen LogP contribution in [0.5, 0.6) is 0 Å². The van der Waals surface area contributed by atoms with Crippen molar-refractivity contribution >= 4 is 64.2 Å². The molecule has 0 saturated heterocycles. The zero-order valence-corrected chi connectivity index (χ0v) is 22.5. The third-order valence-corrected chi connectivity index (χ3v) is 7.76. The number of carbonyl (C=O) groups excluding carboxylic acids is 2. The summed E-state index contributed by atoms with van der Waals surface area (Å²) in [6.45, 7) is 0.323. The van der Waals surface area contributed by atoms with Gasteiger partial charge in [-0.25, -0.2) is 4.79 Å². The lowest BCUT2D eigenvalue weighted by Crippen LogP contribution is -2.32. The van der Waals surface area contributed by atoms with E-state index in [1.807, 2.05) is 4.98 Å². The van der Waals surface area contributed by atoms with E-state index in [4.69, 9.17) is 34.8 Å². The molecule has 0 radical (unpaired) electrons. The predicted molar refractivity (Wildman–Crippen MR) is 140 cm³/mol. The molecule has 1 aromatic heterocycles. The van der Waals surface area contributed by atoms with Crippen LogP contribution >= 0.6 is 46.6 Å². The van der Waals surface area contributed by atoms with Gasteiger partial charge in [0.1, 0.15) is 11.3 Å². The topological polar surface area (TPSA) is 85.5 Å². The van der Waals surface area contributed by atoms with Gasteiger partial charge in [-0.1, -0.05) is 47.1 Å². The maximum absolute atomic E-state index is 13.9. The van der Waals surface area contributed by atoms with Crippen molar-refractivity contribution in [3.8, 4) is 0 Å². The van der Waals surface area contributed by atoms with Crippen LogP contribution in [-0.4, -0.2) is 40.8 Å². The van der Waals surface area contributed by atoms with Crippen molar-refractivity contribution in [1.29, 1.82) is 0 Å². The fraction of sp³-hybridized carbons (Fsp3) is 0.208. The van der Waals surface area contributed by atoms with Crippen LogP contribution in [0.4, 0.5) is 19.3 Å². The number of hydrogen-bond acceptors (Lipinski definition) is 4. The molecule has 3 amide bonds. The predicted octanol–water partition coefficient (Wildman–Crippen LogP) is 6.37. The number of urea groups is 1. The third kappa shape index (κ3) is 5.87. The zero-order chi connectivity index (χ0) is 27.1. The molecule has 13 heteroatoms. The quantitative estimate of drug-likeness (QED) is 0.340. The molecule has 2 heterocycles. The van der Waals surface area contributed by atoms with E-state index >= 15 is 0 Å².